The fraction of sp³-hybridized carbons (Fsp3) is 0.750. The first-order valence-corrected chi connectivity index (χ1v) is 6.25. The molecule has 2 amide bonds. The van der Waals surface area contributed by atoms with E-state index < -0.39 is 5.97 Å². The Morgan fingerprint density at radius 1 is 1.33 bits per heavy atom. The number of carboxylic acids is 1. The number of aliphatic carboxylic acids is 1. The molecule has 0 spiro atoms. The van der Waals surface area contributed by atoms with Gasteiger partial charge in [0.05, 0.1) is 12.5 Å². The summed E-state index contributed by atoms with van der Waals surface area (Å²) in [5.74, 6) is -0.821. The van der Waals surface area contributed by atoms with E-state index in [2.05, 4.69) is 0 Å². The number of carbonyl (C=O) groups excluding carboxylic acids is 2. The molecule has 0 aromatic carbocycles. The number of piperidine rings is 1. The second-order valence-electron chi connectivity index (χ2n) is 5.09. The van der Waals surface area contributed by atoms with Crippen molar-refractivity contribution in [3.05, 3.63) is 0 Å². The molecule has 2 aliphatic rings. The van der Waals surface area contributed by atoms with E-state index in [1.165, 1.54) is 11.9 Å². The van der Waals surface area contributed by atoms with Gasteiger partial charge in [0.2, 0.25) is 11.8 Å². The number of amides is 2. The molecule has 2 saturated heterocycles. The van der Waals surface area contributed by atoms with E-state index in [9.17, 15) is 14.4 Å². The molecule has 1 atom stereocenters. The van der Waals surface area contributed by atoms with Crippen LogP contribution in [-0.2, 0) is 14.4 Å². The number of rotatable bonds is 3. The first kappa shape index (κ1) is 13.0. The second kappa shape index (κ2) is 5.06. The lowest BCUT2D eigenvalue weighted by atomic mass is 9.92. The molecule has 0 bridgehead atoms. The molecule has 2 aliphatic heterocycles. The van der Waals surface area contributed by atoms with Gasteiger partial charge in [-0.15, -0.1) is 0 Å². The van der Waals surface area contributed by atoms with Crippen molar-refractivity contribution in [1.82, 2.24) is 9.80 Å². The van der Waals surface area contributed by atoms with E-state index in [0.29, 0.717) is 13.1 Å². The van der Waals surface area contributed by atoms with Crippen LogP contribution in [0.4, 0.5) is 0 Å². The van der Waals surface area contributed by atoms with Crippen LogP contribution in [0, 0.1) is 5.92 Å². The van der Waals surface area contributed by atoms with Crippen LogP contribution in [0.25, 0.3) is 0 Å². The van der Waals surface area contributed by atoms with Gasteiger partial charge in [0.1, 0.15) is 0 Å². The largest absolute Gasteiger partial charge is 0.481 e. The average molecular weight is 254 g/mol. The van der Waals surface area contributed by atoms with Crippen LogP contribution in [0.1, 0.15) is 25.7 Å². The molecule has 6 nitrogen and oxygen atoms in total. The fourth-order valence-corrected chi connectivity index (χ4v) is 2.74. The molecule has 2 rings (SSSR count). The van der Waals surface area contributed by atoms with Crippen molar-refractivity contribution < 1.29 is 19.5 Å². The molecular formula is C12H18N2O4. The molecule has 100 valence electrons. The number of likely N-dealkylation sites (tertiary alicyclic amines) is 2. The van der Waals surface area contributed by atoms with Gasteiger partial charge in [-0.05, 0) is 31.8 Å². The van der Waals surface area contributed by atoms with Crippen LogP contribution in [0.2, 0.25) is 0 Å². The maximum absolute atomic E-state index is 11.8. The lowest BCUT2D eigenvalue weighted by molar-refractivity contribution is -0.140. The Kier molecular flexibility index (Phi) is 3.65. The molecule has 0 aromatic heterocycles. The van der Waals surface area contributed by atoms with Gasteiger partial charge in [0, 0.05) is 13.5 Å². The highest BCUT2D eigenvalue weighted by molar-refractivity contribution is 6.05. The number of likely N-dealkylation sites (N-methyl/N-ethyl adjacent to an activating group) is 1. The maximum Gasteiger partial charge on any atom is 0.303 e. The smallest absolute Gasteiger partial charge is 0.303 e. The van der Waals surface area contributed by atoms with Crippen molar-refractivity contribution in [2.45, 2.75) is 31.7 Å². The predicted molar refractivity (Wildman–Crippen MR) is 62.7 cm³/mol. The van der Waals surface area contributed by atoms with E-state index in [1.54, 1.807) is 0 Å². The van der Waals surface area contributed by atoms with Crippen LogP contribution in [0.15, 0.2) is 0 Å². The molecule has 1 N–H and O–H groups in total. The second-order valence-corrected chi connectivity index (χ2v) is 5.09. The number of hydrogen-bond acceptors (Lipinski definition) is 4. The number of carboxylic acid groups (broad SMARTS) is 1. The summed E-state index contributed by atoms with van der Waals surface area (Å²) in [6, 6.07) is -0.326. The van der Waals surface area contributed by atoms with E-state index in [0.717, 1.165) is 12.8 Å². The third kappa shape index (κ3) is 2.53. The van der Waals surface area contributed by atoms with Gasteiger partial charge < -0.3 is 5.11 Å². The Balaban J connectivity index is 1.89. The summed E-state index contributed by atoms with van der Waals surface area (Å²) < 4.78 is 0. The minimum Gasteiger partial charge on any atom is -0.481 e. The van der Waals surface area contributed by atoms with E-state index in [4.69, 9.17) is 5.11 Å². The monoisotopic (exact) mass is 254 g/mol. The molecule has 18 heavy (non-hydrogen) atoms. The highest BCUT2D eigenvalue weighted by atomic mass is 16.4. The van der Waals surface area contributed by atoms with Gasteiger partial charge in [0.25, 0.3) is 0 Å². The summed E-state index contributed by atoms with van der Waals surface area (Å²) in [4.78, 5) is 37.1. The van der Waals surface area contributed by atoms with Crippen LogP contribution >= 0.6 is 0 Å². The van der Waals surface area contributed by atoms with Gasteiger partial charge in [-0.1, -0.05) is 0 Å². The third-order valence-electron chi connectivity index (χ3n) is 3.91. The Labute approximate surface area is 106 Å². The van der Waals surface area contributed by atoms with Gasteiger partial charge in [0.15, 0.2) is 0 Å². The molecule has 6 heteroatoms. The zero-order valence-corrected chi connectivity index (χ0v) is 10.5. The van der Waals surface area contributed by atoms with E-state index in [-0.39, 0.29) is 36.6 Å². The van der Waals surface area contributed by atoms with Gasteiger partial charge >= 0.3 is 5.97 Å². The molecular weight excluding hydrogens is 236 g/mol. The molecule has 0 radical (unpaired) electrons. The number of carbonyl (C=O) groups is 3. The summed E-state index contributed by atoms with van der Waals surface area (Å²) in [6.45, 7) is 1.41. The van der Waals surface area contributed by atoms with Crippen molar-refractivity contribution >= 4 is 17.8 Å². The normalized spacial score (nSPS) is 26.9. The lowest BCUT2D eigenvalue weighted by Crippen LogP contribution is -2.45. The molecule has 2 fully saturated rings. The zero-order chi connectivity index (χ0) is 13.3. The minimum atomic E-state index is -0.764. The molecule has 0 saturated carbocycles. The Hall–Kier alpha value is -1.43. The summed E-state index contributed by atoms with van der Waals surface area (Å²) in [5, 5.41) is 8.74. The zero-order valence-electron chi connectivity index (χ0n) is 10.5. The molecule has 1 unspecified atom stereocenters. The van der Waals surface area contributed by atoms with Gasteiger partial charge in [-0.25, -0.2) is 0 Å². The van der Waals surface area contributed by atoms with Crippen molar-refractivity contribution in [2.24, 2.45) is 5.92 Å². The standard InChI is InChI=1S/C12H18N2O4/c1-13-10(15)7-9(12(13)18)14-4-2-8(3-5-14)6-11(16)17/h8-9H,2-7H2,1H3,(H,16,17). The fourth-order valence-electron chi connectivity index (χ4n) is 2.74. The topological polar surface area (TPSA) is 77.9 Å². The Morgan fingerprint density at radius 2 is 1.94 bits per heavy atom. The van der Waals surface area contributed by atoms with Gasteiger partial charge in [-0.3, -0.25) is 24.2 Å². The summed E-state index contributed by atoms with van der Waals surface area (Å²) >= 11 is 0. The summed E-state index contributed by atoms with van der Waals surface area (Å²) in [5.41, 5.74) is 0. The van der Waals surface area contributed by atoms with Crippen molar-refractivity contribution in [1.29, 1.82) is 0 Å². The van der Waals surface area contributed by atoms with E-state index in [1.807, 2.05) is 4.90 Å². The first-order valence-electron chi connectivity index (χ1n) is 6.25. The summed E-state index contributed by atoms with van der Waals surface area (Å²) in [7, 11) is 1.52. The first-order chi connectivity index (χ1) is 8.49. The molecule has 0 aromatic rings. The number of nitrogens with zero attached hydrogens (tertiary/aromatic N) is 2. The Bertz CT molecular complexity index is 374. The molecule has 0 aliphatic carbocycles. The van der Waals surface area contributed by atoms with Crippen LogP contribution in [0.3, 0.4) is 0 Å². The van der Waals surface area contributed by atoms with Gasteiger partial charge in [-0.2, -0.15) is 0 Å². The lowest BCUT2D eigenvalue weighted by Gasteiger charge is -2.34. The predicted octanol–water partition coefficient (Wildman–Crippen LogP) is -0.0696. The minimum absolute atomic E-state index is 0.127. The third-order valence-corrected chi connectivity index (χ3v) is 3.91. The van der Waals surface area contributed by atoms with Crippen molar-refractivity contribution in [3.63, 3.8) is 0 Å². The van der Waals surface area contributed by atoms with Crippen LogP contribution < -0.4 is 0 Å². The van der Waals surface area contributed by atoms with Crippen molar-refractivity contribution in [3.8, 4) is 0 Å². The van der Waals surface area contributed by atoms with Crippen LogP contribution in [-0.4, -0.2) is 58.9 Å². The number of hydrogen-bond donors (Lipinski definition) is 1. The van der Waals surface area contributed by atoms with E-state index >= 15 is 0 Å². The highest BCUT2D eigenvalue weighted by Gasteiger charge is 2.40. The van der Waals surface area contributed by atoms with Crippen LogP contribution in [0.5, 0.6) is 0 Å². The highest BCUT2D eigenvalue weighted by Crippen LogP contribution is 2.25. The summed E-state index contributed by atoms with van der Waals surface area (Å²) in [6.07, 6.45) is 2.03. The number of imide groups is 1. The molecule has 2 heterocycles. The maximum atomic E-state index is 11.8. The Morgan fingerprint density at radius 3 is 2.39 bits per heavy atom. The SMILES string of the molecule is CN1C(=O)CC(N2CCC(CC(=O)O)CC2)C1=O. The average Bonchev–Trinajstić information content (AvgIpc) is 2.57. The quantitative estimate of drug-likeness (QED) is 0.713. The van der Waals surface area contributed by atoms with Crippen molar-refractivity contribution in [2.75, 3.05) is 20.1 Å².